The average molecular weight is 210 g/mol. The first kappa shape index (κ1) is 11.4. The van der Waals surface area contributed by atoms with Gasteiger partial charge >= 0.3 is 0 Å². The molecule has 2 heteroatoms. The molecule has 2 nitrogen and oxygen atoms in total. The van der Waals surface area contributed by atoms with Crippen LogP contribution in [0.15, 0.2) is 0 Å². The Balaban J connectivity index is 1.92. The maximum atomic E-state index is 2.74. The van der Waals surface area contributed by atoms with E-state index in [0.717, 1.165) is 12.1 Å². The molecule has 2 atom stereocenters. The van der Waals surface area contributed by atoms with Crippen molar-refractivity contribution in [3.8, 4) is 0 Å². The van der Waals surface area contributed by atoms with Gasteiger partial charge < -0.3 is 0 Å². The van der Waals surface area contributed by atoms with E-state index < -0.39 is 0 Å². The third-order valence-corrected chi connectivity index (χ3v) is 4.19. The van der Waals surface area contributed by atoms with Gasteiger partial charge in [-0.2, -0.15) is 0 Å². The lowest BCUT2D eigenvalue weighted by Crippen LogP contribution is -2.44. The average Bonchev–Trinajstić information content (AvgIpc) is 2.69. The highest BCUT2D eigenvalue weighted by Gasteiger charge is 2.36. The van der Waals surface area contributed by atoms with E-state index in [4.69, 9.17) is 0 Å². The third kappa shape index (κ3) is 2.36. The monoisotopic (exact) mass is 210 g/mol. The molecule has 0 aromatic heterocycles. The Morgan fingerprint density at radius 2 is 1.80 bits per heavy atom. The van der Waals surface area contributed by atoms with Gasteiger partial charge in [0.05, 0.1) is 0 Å². The van der Waals surface area contributed by atoms with Crippen molar-refractivity contribution < 1.29 is 0 Å². The Kier molecular flexibility index (Phi) is 3.09. The number of likely N-dealkylation sites (tertiary alicyclic amines) is 2. The number of rotatable bonds is 1. The molecule has 0 bridgehead atoms. The molecule has 2 unspecified atom stereocenters. The molecule has 15 heavy (non-hydrogen) atoms. The zero-order valence-corrected chi connectivity index (χ0v) is 10.8. The van der Waals surface area contributed by atoms with Crippen molar-refractivity contribution in [1.82, 2.24) is 9.80 Å². The molecule has 2 fully saturated rings. The summed E-state index contributed by atoms with van der Waals surface area (Å²) >= 11 is 0. The van der Waals surface area contributed by atoms with Gasteiger partial charge in [-0.1, -0.05) is 0 Å². The summed E-state index contributed by atoms with van der Waals surface area (Å²) in [7, 11) is 0. The number of hydrogen-bond acceptors (Lipinski definition) is 2. The summed E-state index contributed by atoms with van der Waals surface area (Å²) in [5.74, 6) is 0. The molecule has 2 aliphatic rings. The van der Waals surface area contributed by atoms with Gasteiger partial charge in [0.25, 0.3) is 0 Å². The molecule has 0 N–H and O–H groups in total. The molecule has 0 radical (unpaired) electrons. The highest BCUT2D eigenvalue weighted by atomic mass is 15.3. The molecule has 0 spiro atoms. The van der Waals surface area contributed by atoms with Crippen molar-refractivity contribution in [1.29, 1.82) is 0 Å². The fourth-order valence-corrected chi connectivity index (χ4v) is 3.12. The van der Waals surface area contributed by atoms with Crippen LogP contribution >= 0.6 is 0 Å². The molecule has 2 aliphatic heterocycles. The predicted molar refractivity (Wildman–Crippen MR) is 65.1 cm³/mol. The van der Waals surface area contributed by atoms with E-state index in [2.05, 4.69) is 37.5 Å². The quantitative estimate of drug-likeness (QED) is 0.655. The maximum absolute atomic E-state index is 2.74. The Hall–Kier alpha value is -0.0800. The highest BCUT2D eigenvalue weighted by molar-refractivity contribution is 4.92. The molecular formula is C13H26N2. The van der Waals surface area contributed by atoms with Gasteiger partial charge in [0.2, 0.25) is 0 Å². The van der Waals surface area contributed by atoms with Crippen LogP contribution in [0, 0.1) is 0 Å². The summed E-state index contributed by atoms with van der Waals surface area (Å²) in [5, 5.41) is 0. The van der Waals surface area contributed by atoms with Crippen LogP contribution in [0.4, 0.5) is 0 Å². The third-order valence-electron chi connectivity index (χ3n) is 4.19. The SMILES string of the molecule is CC1CCCN1C1CCN(C(C)(C)C)C1. The second kappa shape index (κ2) is 4.06. The van der Waals surface area contributed by atoms with Crippen molar-refractivity contribution in [2.75, 3.05) is 19.6 Å². The molecule has 0 saturated carbocycles. The van der Waals surface area contributed by atoms with Gasteiger partial charge in [-0.25, -0.2) is 0 Å². The van der Waals surface area contributed by atoms with E-state index in [9.17, 15) is 0 Å². The summed E-state index contributed by atoms with van der Waals surface area (Å²) in [6, 6.07) is 1.66. The Morgan fingerprint density at radius 3 is 2.27 bits per heavy atom. The molecule has 2 saturated heterocycles. The lowest BCUT2D eigenvalue weighted by molar-refractivity contribution is 0.140. The van der Waals surface area contributed by atoms with E-state index in [1.54, 1.807) is 0 Å². The maximum Gasteiger partial charge on any atom is 0.0238 e. The first-order valence-corrected chi connectivity index (χ1v) is 6.49. The van der Waals surface area contributed by atoms with Crippen LogP contribution in [-0.4, -0.2) is 47.1 Å². The van der Waals surface area contributed by atoms with E-state index in [0.29, 0.717) is 5.54 Å². The lowest BCUT2D eigenvalue weighted by Gasteiger charge is -2.33. The Labute approximate surface area is 94.6 Å². The van der Waals surface area contributed by atoms with E-state index in [-0.39, 0.29) is 0 Å². The summed E-state index contributed by atoms with van der Waals surface area (Å²) < 4.78 is 0. The van der Waals surface area contributed by atoms with Crippen LogP contribution in [-0.2, 0) is 0 Å². The zero-order valence-electron chi connectivity index (χ0n) is 10.8. The second-order valence-corrected chi connectivity index (χ2v) is 6.29. The van der Waals surface area contributed by atoms with Gasteiger partial charge in [-0.3, -0.25) is 9.80 Å². The predicted octanol–water partition coefficient (Wildman–Crippen LogP) is 2.34. The topological polar surface area (TPSA) is 6.48 Å². The molecule has 0 aromatic rings. The molecule has 0 aliphatic carbocycles. The fraction of sp³-hybridized carbons (Fsp3) is 1.00. The smallest absolute Gasteiger partial charge is 0.0238 e. The summed E-state index contributed by atoms with van der Waals surface area (Å²) in [4.78, 5) is 5.38. The van der Waals surface area contributed by atoms with Crippen LogP contribution in [0.2, 0.25) is 0 Å². The van der Waals surface area contributed by atoms with Gasteiger partial charge in [0, 0.05) is 30.7 Å². The van der Waals surface area contributed by atoms with Crippen molar-refractivity contribution >= 4 is 0 Å². The van der Waals surface area contributed by atoms with E-state index >= 15 is 0 Å². The zero-order chi connectivity index (χ0) is 11.1. The number of nitrogens with zero attached hydrogens (tertiary/aromatic N) is 2. The van der Waals surface area contributed by atoms with Crippen molar-refractivity contribution in [2.24, 2.45) is 0 Å². The van der Waals surface area contributed by atoms with Crippen molar-refractivity contribution in [2.45, 2.75) is 64.6 Å². The molecular weight excluding hydrogens is 184 g/mol. The largest absolute Gasteiger partial charge is 0.297 e. The van der Waals surface area contributed by atoms with Crippen LogP contribution in [0.25, 0.3) is 0 Å². The highest BCUT2D eigenvalue weighted by Crippen LogP contribution is 2.28. The van der Waals surface area contributed by atoms with Crippen LogP contribution in [0.3, 0.4) is 0 Å². The van der Waals surface area contributed by atoms with Crippen LogP contribution in [0.5, 0.6) is 0 Å². The molecule has 0 amide bonds. The molecule has 2 rings (SSSR count). The first-order chi connectivity index (χ1) is 6.98. The summed E-state index contributed by atoms with van der Waals surface area (Å²) in [6.07, 6.45) is 4.20. The minimum absolute atomic E-state index is 0.359. The standard InChI is InChI=1S/C13H26N2/c1-11-6-5-8-15(11)12-7-9-14(10-12)13(2,3)4/h11-12H,5-10H2,1-4H3. The van der Waals surface area contributed by atoms with Crippen molar-refractivity contribution in [3.63, 3.8) is 0 Å². The van der Waals surface area contributed by atoms with E-state index in [1.165, 1.54) is 38.9 Å². The Morgan fingerprint density at radius 1 is 1.07 bits per heavy atom. The summed E-state index contributed by atoms with van der Waals surface area (Å²) in [6.45, 7) is 13.3. The summed E-state index contributed by atoms with van der Waals surface area (Å²) in [5.41, 5.74) is 0.359. The van der Waals surface area contributed by atoms with Gasteiger partial charge in [0.15, 0.2) is 0 Å². The lowest BCUT2D eigenvalue weighted by atomic mass is 10.1. The number of hydrogen-bond donors (Lipinski definition) is 0. The van der Waals surface area contributed by atoms with E-state index in [1.807, 2.05) is 0 Å². The first-order valence-electron chi connectivity index (χ1n) is 6.49. The van der Waals surface area contributed by atoms with Crippen molar-refractivity contribution in [3.05, 3.63) is 0 Å². The fourth-order valence-electron chi connectivity index (χ4n) is 3.12. The van der Waals surface area contributed by atoms with Crippen LogP contribution < -0.4 is 0 Å². The molecule has 2 heterocycles. The van der Waals surface area contributed by atoms with Gasteiger partial charge in [-0.05, 0) is 53.5 Å². The van der Waals surface area contributed by atoms with Crippen LogP contribution in [0.1, 0.15) is 47.0 Å². The molecule has 0 aromatic carbocycles. The second-order valence-electron chi connectivity index (χ2n) is 6.29. The molecule has 88 valence electrons. The van der Waals surface area contributed by atoms with Gasteiger partial charge in [0.1, 0.15) is 0 Å². The normalized spacial score (nSPS) is 35.2. The minimum atomic E-state index is 0.359. The van der Waals surface area contributed by atoms with Gasteiger partial charge in [-0.15, -0.1) is 0 Å². The Bertz CT molecular complexity index is 219. The minimum Gasteiger partial charge on any atom is -0.297 e.